The van der Waals surface area contributed by atoms with Crippen molar-refractivity contribution in [3.05, 3.63) is 36.5 Å². The Morgan fingerprint density at radius 3 is 2.83 bits per heavy atom. The van der Waals surface area contributed by atoms with Gasteiger partial charge in [0, 0.05) is 38.8 Å². The number of piperazine rings is 1. The third-order valence-electron chi connectivity index (χ3n) is 4.11. The lowest BCUT2D eigenvalue weighted by molar-refractivity contribution is 0.0714. The van der Waals surface area contributed by atoms with E-state index in [2.05, 4.69) is 27.1 Å². The molecule has 0 saturated carbocycles. The van der Waals surface area contributed by atoms with Crippen LogP contribution in [0.3, 0.4) is 0 Å². The van der Waals surface area contributed by atoms with Gasteiger partial charge in [-0.05, 0) is 18.6 Å². The van der Waals surface area contributed by atoms with Gasteiger partial charge >= 0.3 is 0 Å². The molecule has 3 rings (SSSR count). The molecule has 2 aromatic heterocycles. The number of hydrogen-bond acceptors (Lipinski definition) is 6. The third kappa shape index (κ3) is 3.84. The minimum Gasteiger partial charge on any atom is -0.459 e. The molecule has 1 saturated heterocycles. The van der Waals surface area contributed by atoms with Crippen LogP contribution >= 0.6 is 0 Å². The second-order valence-electron chi connectivity index (χ2n) is 5.80. The smallest absolute Gasteiger partial charge is 0.289 e. The second kappa shape index (κ2) is 7.81. The van der Waals surface area contributed by atoms with E-state index in [1.807, 2.05) is 11.0 Å². The summed E-state index contributed by atoms with van der Waals surface area (Å²) >= 11 is 0. The molecule has 3 heterocycles. The SMILES string of the molecule is CCCCNc1cc(N2CCN(C(=O)c3ccco3)CC2)ncn1. The zero-order chi connectivity index (χ0) is 16.8. The van der Waals surface area contributed by atoms with Crippen LogP contribution < -0.4 is 10.2 Å². The van der Waals surface area contributed by atoms with E-state index in [-0.39, 0.29) is 5.91 Å². The fraction of sp³-hybridized carbons (Fsp3) is 0.471. The minimum atomic E-state index is -0.0516. The van der Waals surface area contributed by atoms with Crippen molar-refractivity contribution < 1.29 is 9.21 Å². The summed E-state index contributed by atoms with van der Waals surface area (Å²) in [5, 5.41) is 3.32. The van der Waals surface area contributed by atoms with Crippen molar-refractivity contribution in [2.24, 2.45) is 0 Å². The van der Waals surface area contributed by atoms with Crippen molar-refractivity contribution in [1.29, 1.82) is 0 Å². The van der Waals surface area contributed by atoms with E-state index < -0.39 is 0 Å². The number of nitrogens with one attached hydrogen (secondary N) is 1. The largest absolute Gasteiger partial charge is 0.459 e. The summed E-state index contributed by atoms with van der Waals surface area (Å²) in [5.74, 6) is 2.09. The maximum atomic E-state index is 12.3. The van der Waals surface area contributed by atoms with E-state index in [0.29, 0.717) is 18.8 Å². The van der Waals surface area contributed by atoms with Gasteiger partial charge < -0.3 is 19.5 Å². The van der Waals surface area contributed by atoms with Crippen molar-refractivity contribution >= 4 is 17.5 Å². The average molecular weight is 329 g/mol. The molecule has 1 N–H and O–H groups in total. The molecule has 0 aromatic carbocycles. The van der Waals surface area contributed by atoms with E-state index in [1.165, 1.54) is 6.26 Å². The lowest BCUT2D eigenvalue weighted by Gasteiger charge is -2.35. The van der Waals surface area contributed by atoms with E-state index in [4.69, 9.17) is 4.42 Å². The van der Waals surface area contributed by atoms with Gasteiger partial charge in [-0.25, -0.2) is 9.97 Å². The second-order valence-corrected chi connectivity index (χ2v) is 5.80. The Labute approximate surface area is 141 Å². The molecule has 1 aliphatic rings. The molecule has 2 aromatic rings. The number of rotatable bonds is 6. The first kappa shape index (κ1) is 16.3. The third-order valence-corrected chi connectivity index (χ3v) is 4.11. The van der Waals surface area contributed by atoms with E-state index in [1.54, 1.807) is 18.5 Å². The molecular weight excluding hydrogens is 306 g/mol. The molecule has 0 spiro atoms. The molecule has 0 bridgehead atoms. The van der Waals surface area contributed by atoms with Crippen molar-refractivity contribution in [2.75, 3.05) is 42.9 Å². The van der Waals surface area contributed by atoms with Gasteiger partial charge in [-0.15, -0.1) is 0 Å². The fourth-order valence-corrected chi connectivity index (χ4v) is 2.70. The summed E-state index contributed by atoms with van der Waals surface area (Å²) in [7, 11) is 0. The summed E-state index contributed by atoms with van der Waals surface area (Å²) in [5.41, 5.74) is 0. The van der Waals surface area contributed by atoms with Crippen LogP contribution in [0, 0.1) is 0 Å². The first-order chi connectivity index (χ1) is 11.8. The van der Waals surface area contributed by atoms with Crippen LogP contribution in [0.4, 0.5) is 11.6 Å². The van der Waals surface area contributed by atoms with Gasteiger partial charge in [0.25, 0.3) is 5.91 Å². The van der Waals surface area contributed by atoms with Crippen LogP contribution in [0.25, 0.3) is 0 Å². The van der Waals surface area contributed by atoms with Gasteiger partial charge in [0.05, 0.1) is 6.26 Å². The van der Waals surface area contributed by atoms with Crippen molar-refractivity contribution in [2.45, 2.75) is 19.8 Å². The molecule has 24 heavy (non-hydrogen) atoms. The number of furan rings is 1. The fourth-order valence-electron chi connectivity index (χ4n) is 2.70. The van der Waals surface area contributed by atoms with E-state index >= 15 is 0 Å². The highest BCUT2D eigenvalue weighted by Crippen LogP contribution is 2.17. The lowest BCUT2D eigenvalue weighted by atomic mass is 10.2. The van der Waals surface area contributed by atoms with E-state index in [9.17, 15) is 4.79 Å². The van der Waals surface area contributed by atoms with Crippen LogP contribution in [0.2, 0.25) is 0 Å². The monoisotopic (exact) mass is 329 g/mol. The number of anilines is 2. The Bertz CT molecular complexity index is 651. The molecule has 7 heteroatoms. The number of nitrogens with zero attached hydrogens (tertiary/aromatic N) is 4. The topological polar surface area (TPSA) is 74.5 Å². The Balaban J connectivity index is 1.56. The molecule has 7 nitrogen and oxygen atoms in total. The quantitative estimate of drug-likeness (QED) is 0.819. The highest BCUT2D eigenvalue weighted by atomic mass is 16.3. The lowest BCUT2D eigenvalue weighted by Crippen LogP contribution is -2.49. The summed E-state index contributed by atoms with van der Waals surface area (Å²) in [6.07, 6.45) is 5.38. The Kier molecular flexibility index (Phi) is 5.30. The zero-order valence-corrected chi connectivity index (χ0v) is 13.9. The molecule has 128 valence electrons. The number of amides is 1. The van der Waals surface area contributed by atoms with Crippen LogP contribution in [0.15, 0.2) is 35.2 Å². The molecule has 0 unspecified atom stereocenters. The van der Waals surface area contributed by atoms with Gasteiger partial charge in [0.2, 0.25) is 0 Å². The predicted molar refractivity (Wildman–Crippen MR) is 92.3 cm³/mol. The van der Waals surface area contributed by atoms with Crippen LogP contribution in [-0.2, 0) is 0 Å². The Morgan fingerprint density at radius 1 is 1.29 bits per heavy atom. The van der Waals surface area contributed by atoms with Gasteiger partial charge in [0.1, 0.15) is 18.0 Å². The molecule has 0 radical (unpaired) electrons. The van der Waals surface area contributed by atoms with E-state index in [0.717, 1.165) is 44.1 Å². The molecule has 1 fully saturated rings. The molecule has 0 aliphatic carbocycles. The number of aromatic nitrogens is 2. The van der Waals surface area contributed by atoms with Crippen LogP contribution in [0.5, 0.6) is 0 Å². The minimum absolute atomic E-state index is 0.0516. The summed E-state index contributed by atoms with van der Waals surface area (Å²) in [6.45, 7) is 5.88. The van der Waals surface area contributed by atoms with Crippen LogP contribution in [0.1, 0.15) is 30.3 Å². The predicted octanol–water partition coefficient (Wildman–Crippen LogP) is 2.24. The molecular formula is C17H23N5O2. The van der Waals surface area contributed by atoms with Gasteiger partial charge in [-0.3, -0.25) is 4.79 Å². The zero-order valence-electron chi connectivity index (χ0n) is 13.9. The highest BCUT2D eigenvalue weighted by Gasteiger charge is 2.24. The normalized spacial score (nSPS) is 14.7. The first-order valence-electron chi connectivity index (χ1n) is 8.41. The summed E-state index contributed by atoms with van der Waals surface area (Å²) < 4.78 is 5.19. The molecule has 1 amide bonds. The van der Waals surface area contributed by atoms with Gasteiger partial charge in [0.15, 0.2) is 5.76 Å². The summed E-state index contributed by atoms with van der Waals surface area (Å²) in [6, 6.07) is 5.41. The Hall–Kier alpha value is -2.57. The average Bonchev–Trinajstić information content (AvgIpc) is 3.16. The van der Waals surface area contributed by atoms with Crippen molar-refractivity contribution in [1.82, 2.24) is 14.9 Å². The highest BCUT2D eigenvalue weighted by molar-refractivity contribution is 5.91. The molecule has 1 aliphatic heterocycles. The number of carbonyl (C=O) groups excluding carboxylic acids is 1. The van der Waals surface area contributed by atoms with Crippen molar-refractivity contribution in [3.8, 4) is 0 Å². The van der Waals surface area contributed by atoms with Crippen LogP contribution in [-0.4, -0.2) is 53.5 Å². The summed E-state index contributed by atoms with van der Waals surface area (Å²) in [4.78, 5) is 24.9. The first-order valence-corrected chi connectivity index (χ1v) is 8.41. The standard InChI is InChI=1S/C17H23N5O2/c1-2-3-6-18-15-12-16(20-13-19-15)21-7-9-22(10-8-21)17(23)14-5-4-11-24-14/h4-5,11-13H,2-3,6-10H2,1H3,(H,18,19,20). The maximum absolute atomic E-state index is 12.3. The van der Waals surface area contributed by atoms with Crippen molar-refractivity contribution in [3.63, 3.8) is 0 Å². The van der Waals surface area contributed by atoms with Gasteiger partial charge in [-0.1, -0.05) is 13.3 Å². The Morgan fingerprint density at radius 2 is 2.12 bits per heavy atom. The number of unbranched alkanes of at least 4 members (excludes halogenated alkanes) is 1. The van der Waals surface area contributed by atoms with Gasteiger partial charge in [-0.2, -0.15) is 0 Å². The number of carbonyl (C=O) groups is 1. The maximum Gasteiger partial charge on any atom is 0.289 e. The number of hydrogen-bond donors (Lipinski definition) is 1. The molecule has 0 atom stereocenters.